The number of ketones is 1. The van der Waals surface area contributed by atoms with Gasteiger partial charge in [-0.15, -0.1) is 13.2 Å². The van der Waals surface area contributed by atoms with E-state index in [0.717, 1.165) is 12.1 Å². The fourth-order valence-corrected chi connectivity index (χ4v) is 3.18. The third-order valence-corrected chi connectivity index (χ3v) is 4.50. The molecule has 1 unspecified atom stereocenters. The van der Waals surface area contributed by atoms with Gasteiger partial charge < -0.3 is 9.84 Å². The average molecular weight is 420 g/mol. The zero-order valence-corrected chi connectivity index (χ0v) is 16.4. The molecule has 0 spiro atoms. The van der Waals surface area contributed by atoms with Gasteiger partial charge in [-0.25, -0.2) is 0 Å². The van der Waals surface area contributed by atoms with Gasteiger partial charge in [-0.05, 0) is 42.0 Å². The monoisotopic (exact) mass is 420 g/mol. The summed E-state index contributed by atoms with van der Waals surface area (Å²) in [6.07, 6.45) is -1.89. The smallest absolute Gasteiger partial charge is 0.503 e. The Labute approximate surface area is 170 Å². The van der Waals surface area contributed by atoms with Crippen molar-refractivity contribution in [3.8, 4) is 5.75 Å². The molecule has 30 heavy (non-hydrogen) atoms. The number of hydrogen-bond acceptors (Lipinski definition) is 5. The Hall–Kier alpha value is -3.36. The molecule has 0 bridgehead atoms. The van der Waals surface area contributed by atoms with Crippen LogP contribution in [0.5, 0.6) is 5.75 Å². The Bertz CT molecular complexity index is 994. The number of carbonyl (C=O) groups excluding carboxylic acids is 2. The molecule has 1 aromatic carbocycles. The van der Waals surface area contributed by atoms with Crippen LogP contribution in [0.15, 0.2) is 60.1 Å². The molecule has 0 radical (unpaired) electrons. The number of pyridine rings is 1. The van der Waals surface area contributed by atoms with Crippen LogP contribution in [0.4, 0.5) is 18.9 Å². The molecule has 2 heterocycles. The average Bonchev–Trinajstić information content (AvgIpc) is 2.92. The number of carbonyl (C=O) groups is 2. The van der Waals surface area contributed by atoms with E-state index in [4.69, 9.17) is 0 Å². The number of benzene rings is 1. The highest BCUT2D eigenvalue weighted by molar-refractivity contribution is 6.17. The lowest BCUT2D eigenvalue weighted by molar-refractivity contribution is -0.274. The van der Waals surface area contributed by atoms with Crippen LogP contribution in [-0.2, 0) is 9.59 Å². The lowest BCUT2D eigenvalue weighted by Gasteiger charge is -2.29. The topological polar surface area (TPSA) is 79.7 Å². The van der Waals surface area contributed by atoms with Crippen molar-refractivity contribution in [2.45, 2.75) is 33.2 Å². The first-order valence-electron chi connectivity index (χ1n) is 8.97. The fraction of sp³-hybridized carbons (Fsp3) is 0.286. The van der Waals surface area contributed by atoms with E-state index in [1.807, 2.05) is 0 Å². The van der Waals surface area contributed by atoms with E-state index in [0.29, 0.717) is 5.56 Å². The fourth-order valence-electron chi connectivity index (χ4n) is 3.18. The number of aliphatic hydroxyl groups excluding tert-OH is 1. The second kappa shape index (κ2) is 7.47. The molecule has 0 fully saturated rings. The number of nitrogens with zero attached hydrogens (tertiary/aromatic N) is 2. The minimum atomic E-state index is -4.85. The summed E-state index contributed by atoms with van der Waals surface area (Å²) in [4.78, 5) is 31.0. The molecular formula is C21H19F3N2O4. The first kappa shape index (κ1) is 21.4. The van der Waals surface area contributed by atoms with Crippen molar-refractivity contribution in [3.05, 3.63) is 65.7 Å². The quantitative estimate of drug-likeness (QED) is 0.788. The highest BCUT2D eigenvalue weighted by Gasteiger charge is 2.46. The van der Waals surface area contributed by atoms with Gasteiger partial charge in [0.25, 0.3) is 5.91 Å². The Kier molecular flexibility index (Phi) is 5.32. The maximum Gasteiger partial charge on any atom is 0.573 e. The summed E-state index contributed by atoms with van der Waals surface area (Å²) in [7, 11) is 0. The van der Waals surface area contributed by atoms with Gasteiger partial charge in [-0.1, -0.05) is 20.8 Å². The van der Waals surface area contributed by atoms with Gasteiger partial charge in [-0.2, -0.15) is 0 Å². The van der Waals surface area contributed by atoms with Crippen LogP contribution in [0.2, 0.25) is 0 Å². The lowest BCUT2D eigenvalue weighted by atomic mass is 9.82. The van der Waals surface area contributed by atoms with Crippen LogP contribution in [0.1, 0.15) is 32.4 Å². The molecule has 158 valence electrons. The Balaban J connectivity index is 2.08. The largest absolute Gasteiger partial charge is 0.573 e. The lowest BCUT2D eigenvalue weighted by Crippen LogP contribution is -2.32. The molecule has 9 heteroatoms. The molecule has 1 amide bonds. The van der Waals surface area contributed by atoms with Crippen LogP contribution in [0, 0.1) is 5.41 Å². The number of halogens is 3. The van der Waals surface area contributed by atoms with Gasteiger partial charge >= 0.3 is 6.36 Å². The van der Waals surface area contributed by atoms with Gasteiger partial charge in [0.15, 0.2) is 11.5 Å². The summed E-state index contributed by atoms with van der Waals surface area (Å²) < 4.78 is 41.1. The number of aromatic nitrogens is 1. The highest BCUT2D eigenvalue weighted by atomic mass is 19.4. The number of rotatable bonds is 4. The molecule has 0 saturated heterocycles. The van der Waals surface area contributed by atoms with Crippen molar-refractivity contribution in [1.29, 1.82) is 0 Å². The minimum Gasteiger partial charge on any atom is -0.503 e. The third-order valence-electron chi connectivity index (χ3n) is 4.50. The molecule has 6 nitrogen and oxygen atoms in total. The van der Waals surface area contributed by atoms with Gasteiger partial charge in [0, 0.05) is 23.5 Å². The van der Waals surface area contributed by atoms with Gasteiger partial charge in [0.2, 0.25) is 0 Å². The molecule has 1 aliphatic rings. The second-order valence-corrected chi connectivity index (χ2v) is 7.74. The number of Topliss-reactive ketones (excluding diaryl/α,β-unsaturated/α-hetero) is 1. The molecule has 0 saturated carbocycles. The normalized spacial score (nSPS) is 17.5. The van der Waals surface area contributed by atoms with Crippen molar-refractivity contribution < 1.29 is 32.6 Å². The third kappa shape index (κ3) is 4.14. The van der Waals surface area contributed by atoms with E-state index >= 15 is 0 Å². The van der Waals surface area contributed by atoms with Gasteiger partial charge in [0.1, 0.15) is 5.75 Å². The standard InChI is InChI=1S/C21H19F3N2O4/c1-20(2,3)18(28)15-16(12-8-10-25-11-9-12)26(19(29)17(15)27)13-4-6-14(7-5-13)30-21(22,23)24/h4-11,16,27H,1-3H3. The van der Waals surface area contributed by atoms with Crippen LogP contribution < -0.4 is 9.64 Å². The maximum absolute atomic E-state index is 13.0. The van der Waals surface area contributed by atoms with Gasteiger partial charge in [0.05, 0.1) is 11.6 Å². The number of amides is 1. The van der Waals surface area contributed by atoms with Crippen molar-refractivity contribution >= 4 is 17.4 Å². The molecule has 1 atom stereocenters. The molecule has 1 N–H and O–H groups in total. The summed E-state index contributed by atoms with van der Waals surface area (Å²) in [5.74, 6) is -2.39. The Morgan fingerprint density at radius 3 is 2.13 bits per heavy atom. The first-order valence-corrected chi connectivity index (χ1v) is 8.97. The van der Waals surface area contributed by atoms with Crippen molar-refractivity contribution in [3.63, 3.8) is 0 Å². The van der Waals surface area contributed by atoms with Crippen molar-refractivity contribution in [2.75, 3.05) is 4.90 Å². The van der Waals surface area contributed by atoms with E-state index in [-0.39, 0.29) is 11.3 Å². The predicted octanol–water partition coefficient (Wildman–Crippen LogP) is 4.50. The van der Waals surface area contributed by atoms with Crippen molar-refractivity contribution in [2.24, 2.45) is 5.41 Å². The number of aliphatic hydroxyl groups is 1. The van der Waals surface area contributed by atoms with E-state index < -0.39 is 41.0 Å². The van der Waals surface area contributed by atoms with Crippen LogP contribution >= 0.6 is 0 Å². The highest BCUT2D eigenvalue weighted by Crippen LogP contribution is 2.43. The zero-order valence-electron chi connectivity index (χ0n) is 16.4. The minimum absolute atomic E-state index is 0.0747. The first-order chi connectivity index (χ1) is 13.9. The van der Waals surface area contributed by atoms with Crippen molar-refractivity contribution in [1.82, 2.24) is 4.98 Å². The SMILES string of the molecule is CC(C)(C)C(=O)C1=C(O)C(=O)N(c2ccc(OC(F)(F)F)cc2)C1c1ccncc1. The summed E-state index contributed by atoms with van der Waals surface area (Å²) in [6.45, 7) is 4.99. The second-order valence-electron chi connectivity index (χ2n) is 7.74. The molecule has 3 rings (SSSR count). The number of hydrogen-bond donors (Lipinski definition) is 1. The molecule has 0 aliphatic carbocycles. The van der Waals surface area contributed by atoms with E-state index in [2.05, 4.69) is 9.72 Å². The summed E-state index contributed by atoms with van der Waals surface area (Å²) in [5.41, 5.74) is -0.241. The van der Waals surface area contributed by atoms with Gasteiger partial charge in [-0.3, -0.25) is 19.5 Å². The van der Waals surface area contributed by atoms with Crippen LogP contribution in [0.3, 0.4) is 0 Å². The number of alkyl halides is 3. The zero-order chi connectivity index (χ0) is 22.3. The van der Waals surface area contributed by atoms with Crippen LogP contribution in [-0.4, -0.2) is 28.1 Å². The Morgan fingerprint density at radius 1 is 1.07 bits per heavy atom. The molecule has 1 aromatic heterocycles. The summed E-state index contributed by atoms with van der Waals surface area (Å²) in [6, 6.07) is 6.86. The number of anilines is 1. The van der Waals surface area contributed by atoms with E-state index in [1.54, 1.807) is 32.9 Å². The molecule has 1 aliphatic heterocycles. The van der Waals surface area contributed by atoms with E-state index in [9.17, 15) is 27.9 Å². The van der Waals surface area contributed by atoms with E-state index in [1.165, 1.54) is 29.4 Å². The summed E-state index contributed by atoms with van der Waals surface area (Å²) >= 11 is 0. The maximum atomic E-state index is 13.0. The molecule has 2 aromatic rings. The summed E-state index contributed by atoms with van der Waals surface area (Å²) in [5, 5.41) is 10.5. The Morgan fingerprint density at radius 2 is 1.63 bits per heavy atom. The van der Waals surface area contributed by atoms with Crippen LogP contribution in [0.25, 0.3) is 0 Å². The predicted molar refractivity (Wildman–Crippen MR) is 102 cm³/mol. The molecular weight excluding hydrogens is 401 g/mol. The number of ether oxygens (including phenoxy) is 1.